The van der Waals surface area contributed by atoms with E-state index in [-0.39, 0.29) is 18.0 Å². The van der Waals surface area contributed by atoms with Crippen LogP contribution in [-0.2, 0) is 11.0 Å². The highest BCUT2D eigenvalue weighted by atomic mass is 19.4. The molecule has 0 bridgehead atoms. The van der Waals surface area contributed by atoms with Gasteiger partial charge in [-0.15, -0.1) is 0 Å². The van der Waals surface area contributed by atoms with Crippen molar-refractivity contribution in [3.8, 4) is 0 Å². The predicted octanol–water partition coefficient (Wildman–Crippen LogP) is 0.913. The van der Waals surface area contributed by atoms with E-state index in [2.05, 4.69) is 16.1 Å². The molecule has 2 fully saturated rings. The number of benzene rings is 1. The van der Waals surface area contributed by atoms with Gasteiger partial charge in [0.2, 0.25) is 5.91 Å². The fourth-order valence-corrected chi connectivity index (χ4v) is 3.29. The number of nitrogens with zero attached hydrogens (tertiary/aromatic N) is 1. The number of halogens is 3. The van der Waals surface area contributed by atoms with Gasteiger partial charge in [-0.2, -0.15) is 13.2 Å². The number of carbonyl (C=O) groups excluding carboxylic acids is 1. The number of nitrogens with one attached hydrogen (secondary N) is 3. The Morgan fingerprint density at radius 2 is 1.88 bits per heavy atom. The summed E-state index contributed by atoms with van der Waals surface area (Å²) in [5, 5.41) is 16.8. The molecule has 2 heterocycles. The molecule has 132 valence electrons. The fourth-order valence-electron chi connectivity index (χ4n) is 3.29. The van der Waals surface area contributed by atoms with Crippen LogP contribution < -0.4 is 16.1 Å². The van der Waals surface area contributed by atoms with Crippen LogP contribution in [0.1, 0.15) is 31.0 Å². The first-order valence-corrected chi connectivity index (χ1v) is 7.64. The van der Waals surface area contributed by atoms with Crippen molar-refractivity contribution >= 4 is 5.91 Å². The predicted molar refractivity (Wildman–Crippen MR) is 78.9 cm³/mol. The Kier molecular flexibility index (Phi) is 4.28. The normalized spacial score (nSPS) is 32.3. The molecule has 6 nitrogen and oxygen atoms in total. The highest BCUT2D eigenvalue weighted by Crippen LogP contribution is 2.33. The molecule has 2 aliphatic rings. The number of alkyl halides is 3. The highest BCUT2D eigenvalue weighted by molar-refractivity contribution is 5.81. The molecule has 1 amide bonds. The van der Waals surface area contributed by atoms with Crippen molar-refractivity contribution in [2.75, 3.05) is 0 Å². The molecule has 5 unspecified atom stereocenters. The first-order valence-electron chi connectivity index (χ1n) is 7.64. The molecular weight excluding hydrogens is 325 g/mol. The summed E-state index contributed by atoms with van der Waals surface area (Å²) in [4.78, 5) is 12.1. The van der Waals surface area contributed by atoms with Crippen LogP contribution in [0.5, 0.6) is 0 Å². The zero-order valence-electron chi connectivity index (χ0n) is 13.1. The maximum Gasteiger partial charge on any atom is 0.416 e. The van der Waals surface area contributed by atoms with Crippen molar-refractivity contribution in [2.45, 2.75) is 44.6 Å². The lowest BCUT2D eigenvalue weighted by molar-refractivity contribution is -0.138. The van der Waals surface area contributed by atoms with Gasteiger partial charge in [-0.25, -0.2) is 10.4 Å². The Hall–Kier alpha value is -1.68. The van der Waals surface area contributed by atoms with Gasteiger partial charge < -0.3 is 10.4 Å². The molecule has 1 aromatic carbocycles. The minimum Gasteiger partial charge on any atom is -0.361 e. The van der Waals surface area contributed by atoms with E-state index in [4.69, 9.17) is 0 Å². The van der Waals surface area contributed by atoms with Crippen molar-refractivity contribution in [1.82, 2.24) is 21.1 Å². The zero-order chi connectivity index (χ0) is 17.6. The van der Waals surface area contributed by atoms with Crippen molar-refractivity contribution in [3.63, 3.8) is 0 Å². The van der Waals surface area contributed by atoms with E-state index in [1.807, 2.05) is 13.8 Å². The zero-order valence-corrected chi connectivity index (χ0v) is 13.1. The number of fused-ring (bicyclic) bond motifs is 1. The molecule has 24 heavy (non-hydrogen) atoms. The van der Waals surface area contributed by atoms with Gasteiger partial charge in [-0.3, -0.25) is 10.1 Å². The average Bonchev–Trinajstić information content (AvgIpc) is 2.82. The van der Waals surface area contributed by atoms with E-state index in [0.717, 1.165) is 12.1 Å². The summed E-state index contributed by atoms with van der Waals surface area (Å²) in [5.41, 5.74) is 3.13. The lowest BCUT2D eigenvalue weighted by atomic mass is 9.96. The standard InChI is InChI=1S/C15H19F3N4O2/c1-7-11-12(19-14(24)20-13(11)23)22(21-7)8(2)9-3-5-10(6-4-9)15(16,17)18/h3-8,11-12,14,19,21,24H,1-2H3,(H,20,23). The van der Waals surface area contributed by atoms with Crippen LogP contribution >= 0.6 is 0 Å². The Morgan fingerprint density at radius 3 is 2.46 bits per heavy atom. The van der Waals surface area contributed by atoms with Crippen LogP contribution in [0.15, 0.2) is 24.3 Å². The van der Waals surface area contributed by atoms with Crippen LogP contribution in [-0.4, -0.2) is 34.6 Å². The van der Waals surface area contributed by atoms with Crippen LogP contribution in [0.2, 0.25) is 0 Å². The largest absolute Gasteiger partial charge is 0.416 e. The maximum atomic E-state index is 12.7. The van der Waals surface area contributed by atoms with E-state index in [1.54, 1.807) is 5.01 Å². The van der Waals surface area contributed by atoms with Crippen molar-refractivity contribution in [2.24, 2.45) is 5.92 Å². The van der Waals surface area contributed by atoms with Gasteiger partial charge in [0.15, 0.2) is 6.35 Å². The number of rotatable bonds is 2. The van der Waals surface area contributed by atoms with Gasteiger partial charge in [-0.05, 0) is 31.5 Å². The smallest absolute Gasteiger partial charge is 0.361 e. The lowest BCUT2D eigenvalue weighted by Gasteiger charge is -2.37. The fraction of sp³-hybridized carbons (Fsp3) is 0.533. The minimum absolute atomic E-state index is 0.174. The summed E-state index contributed by atoms with van der Waals surface area (Å²) < 4.78 is 38.0. The first kappa shape index (κ1) is 17.2. The second-order valence-corrected chi connectivity index (χ2v) is 6.17. The van der Waals surface area contributed by atoms with Gasteiger partial charge in [0.1, 0.15) is 0 Å². The molecule has 0 aromatic heterocycles. The topological polar surface area (TPSA) is 76.6 Å². The van der Waals surface area contributed by atoms with E-state index in [0.29, 0.717) is 5.56 Å². The number of hydrogen-bond donors (Lipinski definition) is 4. The second-order valence-electron chi connectivity index (χ2n) is 6.17. The maximum absolute atomic E-state index is 12.7. The summed E-state index contributed by atoms with van der Waals surface area (Å²) in [6.45, 7) is 3.67. The van der Waals surface area contributed by atoms with Gasteiger partial charge in [-0.1, -0.05) is 12.1 Å². The molecule has 0 radical (unpaired) electrons. The molecule has 0 aliphatic carbocycles. The third kappa shape index (κ3) is 3.00. The third-order valence-corrected chi connectivity index (χ3v) is 4.58. The van der Waals surface area contributed by atoms with Gasteiger partial charge in [0.25, 0.3) is 0 Å². The number of hydrogen-bond acceptors (Lipinski definition) is 5. The highest BCUT2D eigenvalue weighted by Gasteiger charge is 2.49. The van der Waals surface area contributed by atoms with Gasteiger partial charge in [0.05, 0.1) is 17.6 Å². The summed E-state index contributed by atoms with van der Waals surface area (Å²) in [5.74, 6) is -0.682. The van der Waals surface area contributed by atoms with Crippen LogP contribution in [0, 0.1) is 5.92 Å². The molecule has 2 saturated heterocycles. The molecule has 2 aliphatic heterocycles. The van der Waals surface area contributed by atoms with E-state index in [9.17, 15) is 23.1 Å². The number of aliphatic hydroxyl groups is 1. The molecule has 5 atom stereocenters. The van der Waals surface area contributed by atoms with E-state index < -0.39 is 30.2 Å². The van der Waals surface area contributed by atoms with Crippen LogP contribution in [0.25, 0.3) is 0 Å². The van der Waals surface area contributed by atoms with Crippen molar-refractivity contribution in [1.29, 1.82) is 0 Å². The minimum atomic E-state index is -4.37. The molecular formula is C15H19F3N4O2. The van der Waals surface area contributed by atoms with Gasteiger partial charge >= 0.3 is 6.18 Å². The molecule has 3 rings (SSSR count). The quantitative estimate of drug-likeness (QED) is 0.642. The molecule has 0 saturated carbocycles. The summed E-state index contributed by atoms with van der Waals surface area (Å²) in [6.07, 6.45) is -5.99. The Balaban J connectivity index is 1.82. The van der Waals surface area contributed by atoms with Gasteiger partial charge in [0, 0.05) is 12.1 Å². The Labute approximate surface area is 137 Å². The number of hydrazine groups is 1. The summed E-state index contributed by atoms with van der Waals surface area (Å²) in [6, 6.07) is 4.46. The summed E-state index contributed by atoms with van der Waals surface area (Å²) in [7, 11) is 0. The Morgan fingerprint density at radius 1 is 1.25 bits per heavy atom. The van der Waals surface area contributed by atoms with Crippen molar-refractivity contribution < 1.29 is 23.1 Å². The average molecular weight is 344 g/mol. The molecule has 1 aromatic rings. The van der Waals surface area contributed by atoms with E-state index >= 15 is 0 Å². The Bertz CT molecular complexity index is 622. The van der Waals surface area contributed by atoms with Crippen LogP contribution in [0.4, 0.5) is 13.2 Å². The summed E-state index contributed by atoms with van der Waals surface area (Å²) >= 11 is 0. The van der Waals surface area contributed by atoms with E-state index in [1.165, 1.54) is 12.1 Å². The number of carbonyl (C=O) groups is 1. The second kappa shape index (κ2) is 5.99. The number of amides is 1. The van der Waals surface area contributed by atoms with Crippen molar-refractivity contribution in [3.05, 3.63) is 35.4 Å². The molecule has 4 N–H and O–H groups in total. The third-order valence-electron chi connectivity index (χ3n) is 4.58. The molecule has 0 spiro atoms. The van der Waals surface area contributed by atoms with Crippen LogP contribution in [0.3, 0.4) is 0 Å². The number of aliphatic hydroxyl groups excluding tert-OH is 1. The lowest BCUT2D eigenvalue weighted by Crippen LogP contribution is -2.64. The molecule has 9 heteroatoms. The first-order chi connectivity index (χ1) is 11.2. The monoisotopic (exact) mass is 344 g/mol. The SMILES string of the molecule is CC1NN(C(C)c2ccc(C(F)(F)F)cc2)C2NC(O)NC(=O)C12.